The van der Waals surface area contributed by atoms with Crippen molar-refractivity contribution in [1.82, 2.24) is 10.0 Å². The summed E-state index contributed by atoms with van der Waals surface area (Å²) < 4.78 is 27.3. The van der Waals surface area contributed by atoms with Crippen LogP contribution in [0.3, 0.4) is 0 Å². The summed E-state index contributed by atoms with van der Waals surface area (Å²) in [7, 11) is 2.03. The van der Waals surface area contributed by atoms with Crippen LogP contribution in [0, 0.1) is 0 Å². The van der Waals surface area contributed by atoms with Crippen molar-refractivity contribution in [2.24, 2.45) is 0 Å². The third-order valence-electron chi connectivity index (χ3n) is 2.39. The molecule has 1 aromatic carbocycles. The molecule has 1 rings (SSSR count). The fourth-order valence-corrected chi connectivity index (χ4v) is 3.38. The molecule has 102 valence electrons. The Labute approximate surface area is 117 Å². The summed E-state index contributed by atoms with van der Waals surface area (Å²) in [6.07, 6.45) is 0. The number of sulfonamides is 1. The number of benzene rings is 1. The van der Waals surface area contributed by atoms with Gasteiger partial charge in [-0.2, -0.15) is 0 Å². The van der Waals surface area contributed by atoms with Crippen LogP contribution in [-0.4, -0.2) is 42.7 Å². The van der Waals surface area contributed by atoms with E-state index in [0.717, 1.165) is 5.69 Å². The Hall–Kier alpha value is -0.630. The topological polar surface area (TPSA) is 61.4 Å². The third-order valence-corrected chi connectivity index (χ3v) is 4.84. The summed E-state index contributed by atoms with van der Waals surface area (Å²) in [5, 5.41) is 2.89. The molecular weight excluding hydrogens is 318 g/mol. The predicted molar refractivity (Wildman–Crippen MR) is 77.6 cm³/mol. The van der Waals surface area contributed by atoms with E-state index in [9.17, 15) is 8.42 Å². The average Bonchev–Trinajstić information content (AvgIpc) is 2.29. The molecule has 7 heteroatoms. The minimum absolute atomic E-state index is 0.254. The van der Waals surface area contributed by atoms with Crippen LogP contribution in [0.15, 0.2) is 27.6 Å². The largest absolute Gasteiger partial charge is 0.378 e. The van der Waals surface area contributed by atoms with Gasteiger partial charge in [0.25, 0.3) is 0 Å². The first-order chi connectivity index (χ1) is 8.38. The third kappa shape index (κ3) is 3.94. The van der Waals surface area contributed by atoms with Gasteiger partial charge in [-0.1, -0.05) is 0 Å². The SMILES string of the molecule is CNCCNS(=O)(=O)c1cc(N(C)C)ccc1Br. The van der Waals surface area contributed by atoms with Gasteiger partial charge >= 0.3 is 0 Å². The number of hydrogen-bond donors (Lipinski definition) is 2. The van der Waals surface area contributed by atoms with Gasteiger partial charge in [0.2, 0.25) is 10.0 Å². The molecule has 0 radical (unpaired) electrons. The monoisotopic (exact) mass is 335 g/mol. The number of likely N-dealkylation sites (N-methyl/N-ethyl adjacent to an activating group) is 1. The summed E-state index contributed by atoms with van der Waals surface area (Å²) in [4.78, 5) is 2.11. The number of anilines is 1. The van der Waals surface area contributed by atoms with E-state index in [1.807, 2.05) is 25.1 Å². The van der Waals surface area contributed by atoms with Crippen LogP contribution in [0.25, 0.3) is 0 Å². The summed E-state index contributed by atoms with van der Waals surface area (Å²) in [5.74, 6) is 0. The number of hydrogen-bond acceptors (Lipinski definition) is 4. The molecule has 2 N–H and O–H groups in total. The first-order valence-electron chi connectivity index (χ1n) is 5.49. The Bertz CT molecular complexity index is 503. The summed E-state index contributed by atoms with van der Waals surface area (Å²) in [6, 6.07) is 5.24. The highest BCUT2D eigenvalue weighted by Crippen LogP contribution is 2.26. The smallest absolute Gasteiger partial charge is 0.241 e. The molecule has 0 aliphatic heterocycles. The molecular formula is C11H18BrN3O2S. The molecule has 0 aliphatic rings. The van der Waals surface area contributed by atoms with Gasteiger partial charge in [0.05, 0.1) is 4.90 Å². The second-order valence-corrected chi connectivity index (χ2v) is 6.60. The molecule has 0 aliphatic carbocycles. The van der Waals surface area contributed by atoms with Gasteiger partial charge in [0.15, 0.2) is 0 Å². The van der Waals surface area contributed by atoms with E-state index >= 15 is 0 Å². The van der Waals surface area contributed by atoms with Gasteiger partial charge in [-0.05, 0) is 41.2 Å². The van der Waals surface area contributed by atoms with Crippen molar-refractivity contribution < 1.29 is 8.42 Å². The summed E-state index contributed by atoms with van der Waals surface area (Å²) in [6.45, 7) is 0.946. The predicted octanol–water partition coefficient (Wildman–Crippen LogP) is 1.01. The fraction of sp³-hybridized carbons (Fsp3) is 0.455. The van der Waals surface area contributed by atoms with E-state index < -0.39 is 10.0 Å². The lowest BCUT2D eigenvalue weighted by molar-refractivity contribution is 0.579. The standard InChI is InChI=1S/C11H18BrN3O2S/c1-13-6-7-14-18(16,17)11-8-9(15(2)3)4-5-10(11)12/h4-5,8,13-14H,6-7H2,1-3H3. The zero-order valence-electron chi connectivity index (χ0n) is 10.7. The molecule has 0 saturated carbocycles. The molecule has 0 fully saturated rings. The zero-order valence-corrected chi connectivity index (χ0v) is 13.1. The van der Waals surface area contributed by atoms with Crippen molar-refractivity contribution in [3.8, 4) is 0 Å². The molecule has 5 nitrogen and oxygen atoms in total. The van der Waals surface area contributed by atoms with Crippen molar-refractivity contribution in [2.75, 3.05) is 39.1 Å². The van der Waals surface area contributed by atoms with Gasteiger partial charge in [0.1, 0.15) is 0 Å². The quantitative estimate of drug-likeness (QED) is 0.762. The van der Waals surface area contributed by atoms with Crippen molar-refractivity contribution in [1.29, 1.82) is 0 Å². The second-order valence-electron chi connectivity index (χ2n) is 4.01. The molecule has 0 amide bonds. The maximum absolute atomic E-state index is 12.1. The van der Waals surface area contributed by atoms with Gasteiger partial charge in [-0.25, -0.2) is 13.1 Å². The maximum atomic E-state index is 12.1. The van der Waals surface area contributed by atoms with E-state index in [-0.39, 0.29) is 4.90 Å². The fourth-order valence-electron chi connectivity index (χ4n) is 1.36. The molecule has 0 atom stereocenters. The molecule has 0 bridgehead atoms. The average molecular weight is 336 g/mol. The first kappa shape index (κ1) is 15.4. The molecule has 0 spiro atoms. The highest BCUT2D eigenvalue weighted by atomic mass is 79.9. The van der Waals surface area contributed by atoms with Crippen molar-refractivity contribution in [3.63, 3.8) is 0 Å². The molecule has 0 saturated heterocycles. The Kier molecular flexibility index (Phi) is 5.58. The van der Waals surface area contributed by atoms with Crippen molar-refractivity contribution >= 4 is 31.6 Å². The molecule has 0 heterocycles. The van der Waals surface area contributed by atoms with Crippen molar-refractivity contribution in [2.45, 2.75) is 4.90 Å². The van der Waals surface area contributed by atoms with Gasteiger partial charge in [-0.15, -0.1) is 0 Å². The minimum atomic E-state index is -3.48. The van der Waals surface area contributed by atoms with Gasteiger partial charge in [0, 0.05) is 37.3 Å². The van der Waals surface area contributed by atoms with Crippen LogP contribution in [0.4, 0.5) is 5.69 Å². The first-order valence-corrected chi connectivity index (χ1v) is 7.77. The number of halogens is 1. The lowest BCUT2D eigenvalue weighted by Crippen LogP contribution is -2.30. The molecule has 0 aromatic heterocycles. The molecule has 0 unspecified atom stereocenters. The van der Waals surface area contributed by atoms with Gasteiger partial charge in [-0.3, -0.25) is 0 Å². The maximum Gasteiger partial charge on any atom is 0.241 e. The van der Waals surface area contributed by atoms with Crippen LogP contribution in [0.1, 0.15) is 0 Å². The number of nitrogens with zero attached hydrogens (tertiary/aromatic N) is 1. The van der Waals surface area contributed by atoms with E-state index in [0.29, 0.717) is 17.6 Å². The van der Waals surface area contributed by atoms with E-state index in [1.165, 1.54) is 0 Å². The van der Waals surface area contributed by atoms with Crippen LogP contribution >= 0.6 is 15.9 Å². The highest BCUT2D eigenvalue weighted by molar-refractivity contribution is 9.10. The van der Waals surface area contributed by atoms with Crippen LogP contribution in [-0.2, 0) is 10.0 Å². The van der Waals surface area contributed by atoms with Crippen molar-refractivity contribution in [3.05, 3.63) is 22.7 Å². The van der Waals surface area contributed by atoms with Crippen LogP contribution in [0.2, 0.25) is 0 Å². The Balaban J connectivity index is 3.03. The Morgan fingerprint density at radius 2 is 1.94 bits per heavy atom. The highest BCUT2D eigenvalue weighted by Gasteiger charge is 2.17. The van der Waals surface area contributed by atoms with Crippen LogP contribution < -0.4 is 14.9 Å². The number of nitrogens with one attached hydrogen (secondary N) is 2. The van der Waals surface area contributed by atoms with Crippen LogP contribution in [0.5, 0.6) is 0 Å². The lowest BCUT2D eigenvalue weighted by atomic mass is 10.3. The summed E-state index contributed by atoms with van der Waals surface area (Å²) in [5.41, 5.74) is 0.840. The lowest BCUT2D eigenvalue weighted by Gasteiger charge is -2.15. The molecule has 18 heavy (non-hydrogen) atoms. The summed E-state index contributed by atoms with van der Waals surface area (Å²) >= 11 is 3.27. The van der Waals surface area contributed by atoms with E-state index in [4.69, 9.17) is 0 Å². The second kappa shape index (κ2) is 6.51. The van der Waals surface area contributed by atoms with Gasteiger partial charge < -0.3 is 10.2 Å². The zero-order chi connectivity index (χ0) is 13.8. The Morgan fingerprint density at radius 1 is 1.28 bits per heavy atom. The normalized spacial score (nSPS) is 11.6. The van der Waals surface area contributed by atoms with E-state index in [1.54, 1.807) is 19.2 Å². The number of rotatable bonds is 6. The minimum Gasteiger partial charge on any atom is -0.378 e. The molecule has 1 aromatic rings. The Morgan fingerprint density at radius 3 is 2.50 bits per heavy atom. The van der Waals surface area contributed by atoms with E-state index in [2.05, 4.69) is 26.0 Å².